The van der Waals surface area contributed by atoms with E-state index in [1.165, 1.54) is 0 Å². The second-order valence-electron chi connectivity index (χ2n) is 7.83. The summed E-state index contributed by atoms with van der Waals surface area (Å²) in [7, 11) is 1.67. The van der Waals surface area contributed by atoms with Gasteiger partial charge in [-0.2, -0.15) is 0 Å². The van der Waals surface area contributed by atoms with Crippen molar-refractivity contribution in [2.45, 2.75) is 53.1 Å². The van der Waals surface area contributed by atoms with Gasteiger partial charge in [0.2, 0.25) is 5.91 Å². The summed E-state index contributed by atoms with van der Waals surface area (Å²) in [6, 6.07) is 8.04. The molecule has 22 heavy (non-hydrogen) atoms. The number of carbonyl (C=O) groups is 1. The van der Waals surface area contributed by atoms with Crippen LogP contribution in [-0.2, 0) is 11.3 Å². The molecule has 1 amide bonds. The fourth-order valence-corrected chi connectivity index (χ4v) is 5.05. The molecule has 0 spiro atoms. The maximum Gasteiger partial charge on any atom is 0.223 e. The lowest BCUT2D eigenvalue weighted by atomic mass is 9.80. The molecule has 1 saturated carbocycles. The lowest BCUT2D eigenvalue weighted by Gasteiger charge is -2.40. The van der Waals surface area contributed by atoms with Crippen molar-refractivity contribution in [3.8, 4) is 5.75 Å². The lowest BCUT2D eigenvalue weighted by molar-refractivity contribution is -0.141. The summed E-state index contributed by atoms with van der Waals surface area (Å²) < 4.78 is 5.21. The minimum Gasteiger partial charge on any atom is -0.497 e. The van der Waals surface area contributed by atoms with E-state index < -0.39 is 0 Å². The Bertz CT molecular complexity index is 606. The fourth-order valence-electron chi connectivity index (χ4n) is 5.05. The van der Waals surface area contributed by atoms with Crippen LogP contribution in [-0.4, -0.2) is 23.5 Å². The van der Waals surface area contributed by atoms with Gasteiger partial charge in [-0.3, -0.25) is 4.79 Å². The topological polar surface area (TPSA) is 29.5 Å². The van der Waals surface area contributed by atoms with Gasteiger partial charge in [-0.1, -0.05) is 39.8 Å². The molecular weight excluding hydrogens is 274 g/mol. The van der Waals surface area contributed by atoms with Crippen LogP contribution in [0.25, 0.3) is 0 Å². The lowest BCUT2D eigenvalue weighted by Crippen LogP contribution is -2.49. The first kappa shape index (κ1) is 15.4. The van der Waals surface area contributed by atoms with Crippen molar-refractivity contribution in [3.05, 3.63) is 29.8 Å². The average Bonchev–Trinajstić information content (AvgIpc) is 2.86. The molecule has 1 aromatic rings. The van der Waals surface area contributed by atoms with E-state index in [1.807, 2.05) is 12.1 Å². The molecule has 3 rings (SSSR count). The number of amides is 1. The van der Waals surface area contributed by atoms with Crippen molar-refractivity contribution in [1.29, 1.82) is 0 Å². The molecule has 2 fully saturated rings. The third-order valence-electron chi connectivity index (χ3n) is 7.27. The first-order valence-electron chi connectivity index (χ1n) is 8.13. The molecule has 3 atom stereocenters. The van der Waals surface area contributed by atoms with Crippen LogP contribution in [0.3, 0.4) is 0 Å². The predicted octanol–water partition coefficient (Wildman–Crippen LogP) is 3.87. The number of likely N-dealkylation sites (tertiary alicyclic amines) is 1. The molecule has 0 radical (unpaired) electrons. The summed E-state index contributed by atoms with van der Waals surface area (Å²) in [4.78, 5) is 14.8. The van der Waals surface area contributed by atoms with Crippen LogP contribution in [0.15, 0.2) is 24.3 Å². The van der Waals surface area contributed by atoms with Crippen molar-refractivity contribution >= 4 is 5.91 Å². The van der Waals surface area contributed by atoms with Crippen LogP contribution < -0.4 is 4.74 Å². The van der Waals surface area contributed by atoms with Gasteiger partial charge >= 0.3 is 0 Å². The van der Waals surface area contributed by atoms with Gasteiger partial charge in [-0.15, -0.1) is 0 Å². The summed E-state index contributed by atoms with van der Waals surface area (Å²) >= 11 is 0. The number of carbonyl (C=O) groups excluding carboxylic acids is 1. The monoisotopic (exact) mass is 301 g/mol. The number of piperidine rings is 1. The van der Waals surface area contributed by atoms with E-state index in [9.17, 15) is 4.79 Å². The standard InChI is InChI=1S/C19H27NO2/c1-13-11-16(21)20(19(5)17(2,3)18(13,19)4)12-14-7-9-15(22-6)10-8-14/h7-10,13H,11-12H2,1-6H3. The van der Waals surface area contributed by atoms with Crippen molar-refractivity contribution < 1.29 is 9.53 Å². The molecule has 120 valence electrons. The molecule has 1 aliphatic carbocycles. The Morgan fingerprint density at radius 1 is 1.18 bits per heavy atom. The molecule has 0 bridgehead atoms. The normalized spacial score (nSPS) is 36.0. The quantitative estimate of drug-likeness (QED) is 0.848. The third-order valence-corrected chi connectivity index (χ3v) is 7.27. The zero-order valence-corrected chi connectivity index (χ0v) is 14.6. The summed E-state index contributed by atoms with van der Waals surface area (Å²) in [6.45, 7) is 12.2. The van der Waals surface area contributed by atoms with Crippen LogP contribution in [0.4, 0.5) is 0 Å². The number of rotatable bonds is 3. The highest BCUT2D eigenvalue weighted by atomic mass is 16.5. The van der Waals surface area contributed by atoms with E-state index in [0.717, 1.165) is 11.3 Å². The Balaban J connectivity index is 1.91. The molecule has 2 aliphatic rings. The number of hydrogen-bond acceptors (Lipinski definition) is 2. The van der Waals surface area contributed by atoms with Gasteiger partial charge in [0.25, 0.3) is 0 Å². The Morgan fingerprint density at radius 3 is 2.32 bits per heavy atom. The van der Waals surface area contributed by atoms with Gasteiger partial charge in [0.15, 0.2) is 0 Å². The van der Waals surface area contributed by atoms with Gasteiger partial charge in [0, 0.05) is 18.4 Å². The van der Waals surface area contributed by atoms with Crippen LogP contribution >= 0.6 is 0 Å². The Kier molecular flexibility index (Phi) is 3.15. The number of hydrogen-bond donors (Lipinski definition) is 0. The van der Waals surface area contributed by atoms with Crippen LogP contribution in [0.1, 0.15) is 46.6 Å². The SMILES string of the molecule is COc1ccc(CN2C(=O)CC(C)C3(C)C(C)(C)C23C)cc1. The second kappa shape index (κ2) is 4.50. The number of fused-ring (bicyclic) bond motifs is 1. The molecule has 1 aliphatic heterocycles. The number of ether oxygens (including phenoxy) is 1. The molecule has 3 nitrogen and oxygen atoms in total. The molecule has 3 heteroatoms. The van der Waals surface area contributed by atoms with E-state index in [0.29, 0.717) is 18.9 Å². The third kappa shape index (κ3) is 1.60. The van der Waals surface area contributed by atoms with Gasteiger partial charge in [-0.25, -0.2) is 0 Å². The van der Waals surface area contributed by atoms with Crippen molar-refractivity contribution in [1.82, 2.24) is 4.90 Å². The first-order valence-corrected chi connectivity index (χ1v) is 8.13. The van der Waals surface area contributed by atoms with Gasteiger partial charge in [-0.05, 0) is 36.0 Å². The molecule has 0 aromatic heterocycles. The molecule has 0 N–H and O–H groups in total. The largest absolute Gasteiger partial charge is 0.497 e. The van der Waals surface area contributed by atoms with Crippen molar-refractivity contribution in [2.24, 2.45) is 16.7 Å². The fraction of sp³-hybridized carbons (Fsp3) is 0.632. The molecule has 1 aromatic carbocycles. The van der Waals surface area contributed by atoms with Gasteiger partial charge < -0.3 is 9.64 Å². The summed E-state index contributed by atoms with van der Waals surface area (Å²) in [5, 5.41) is 0. The van der Waals surface area contributed by atoms with E-state index in [4.69, 9.17) is 4.74 Å². The Hall–Kier alpha value is -1.51. The summed E-state index contributed by atoms with van der Waals surface area (Å²) in [5.41, 5.74) is 1.45. The van der Waals surface area contributed by atoms with E-state index in [1.54, 1.807) is 7.11 Å². The highest BCUT2D eigenvalue weighted by Crippen LogP contribution is 2.79. The summed E-state index contributed by atoms with van der Waals surface area (Å²) in [5.74, 6) is 1.58. The summed E-state index contributed by atoms with van der Waals surface area (Å²) in [6.07, 6.45) is 0.658. The van der Waals surface area contributed by atoms with Crippen LogP contribution in [0, 0.1) is 16.7 Å². The minimum atomic E-state index is -0.0608. The second-order valence-corrected chi connectivity index (χ2v) is 7.83. The van der Waals surface area contributed by atoms with E-state index in [-0.39, 0.29) is 22.3 Å². The predicted molar refractivity (Wildman–Crippen MR) is 87.6 cm³/mol. The Morgan fingerprint density at radius 2 is 1.77 bits per heavy atom. The molecular formula is C19H27NO2. The smallest absolute Gasteiger partial charge is 0.223 e. The van der Waals surface area contributed by atoms with Crippen LogP contribution in [0.2, 0.25) is 0 Å². The number of benzene rings is 1. The number of nitrogens with zero attached hydrogens (tertiary/aromatic N) is 1. The number of methoxy groups -OCH3 is 1. The maximum absolute atomic E-state index is 12.7. The van der Waals surface area contributed by atoms with Crippen molar-refractivity contribution in [2.75, 3.05) is 7.11 Å². The molecule has 1 heterocycles. The van der Waals surface area contributed by atoms with E-state index >= 15 is 0 Å². The van der Waals surface area contributed by atoms with E-state index in [2.05, 4.69) is 51.7 Å². The molecule has 3 unspecified atom stereocenters. The highest BCUT2D eigenvalue weighted by Gasteiger charge is 2.83. The zero-order chi connectivity index (χ0) is 16.3. The van der Waals surface area contributed by atoms with Gasteiger partial charge in [0.05, 0.1) is 12.6 Å². The van der Waals surface area contributed by atoms with Crippen molar-refractivity contribution in [3.63, 3.8) is 0 Å². The zero-order valence-electron chi connectivity index (χ0n) is 14.6. The van der Waals surface area contributed by atoms with Crippen LogP contribution in [0.5, 0.6) is 5.75 Å². The average molecular weight is 301 g/mol. The molecule has 1 saturated heterocycles. The Labute approximate surface area is 133 Å². The van der Waals surface area contributed by atoms with Gasteiger partial charge in [0.1, 0.15) is 5.75 Å². The maximum atomic E-state index is 12.7. The minimum absolute atomic E-state index is 0.0608. The highest BCUT2D eigenvalue weighted by molar-refractivity contribution is 5.81. The first-order chi connectivity index (χ1) is 10.2.